The van der Waals surface area contributed by atoms with Gasteiger partial charge < -0.3 is 20.4 Å². The summed E-state index contributed by atoms with van der Waals surface area (Å²) in [7, 11) is -0.698. The number of amides is 1. The number of rotatable bonds is 12. The number of nitrogens with one attached hydrogen (secondary N) is 2. The minimum atomic E-state index is -4.42. The molecule has 1 aliphatic heterocycles. The predicted molar refractivity (Wildman–Crippen MR) is 151 cm³/mol. The van der Waals surface area contributed by atoms with Crippen LogP contribution in [-0.2, 0) is 20.5 Å². The highest BCUT2D eigenvalue weighted by Gasteiger charge is 2.76. The van der Waals surface area contributed by atoms with Crippen molar-refractivity contribution in [2.45, 2.75) is 89.2 Å². The summed E-state index contributed by atoms with van der Waals surface area (Å²) < 4.78 is 53.3. The Labute approximate surface area is 238 Å². The summed E-state index contributed by atoms with van der Waals surface area (Å²) in [6.45, 7) is 5.97. The Morgan fingerprint density at radius 3 is 2.55 bits per heavy atom. The Kier molecular flexibility index (Phi) is 9.14. The molecule has 5 rings (SSSR count). The van der Waals surface area contributed by atoms with E-state index in [1.165, 1.54) is 0 Å². The van der Waals surface area contributed by atoms with E-state index in [1.807, 2.05) is 30.3 Å². The van der Waals surface area contributed by atoms with E-state index < -0.39 is 43.3 Å². The van der Waals surface area contributed by atoms with Gasteiger partial charge in [0.25, 0.3) is 0 Å². The van der Waals surface area contributed by atoms with Crippen molar-refractivity contribution in [3.8, 4) is 0 Å². The Hall–Kier alpha value is -0.885. The number of hydrogen-bond acceptors (Lipinski definition) is 5. The maximum absolute atomic E-state index is 13.4. The lowest BCUT2D eigenvalue weighted by Gasteiger charge is -2.72. The molecule has 0 unspecified atom stereocenters. The van der Waals surface area contributed by atoms with Crippen LogP contribution in [-0.4, -0.2) is 60.4 Å². The summed E-state index contributed by atoms with van der Waals surface area (Å²) >= 11 is 2.46. The molecule has 11 heteroatoms. The van der Waals surface area contributed by atoms with Gasteiger partial charge in [-0.25, -0.2) is 0 Å². The van der Waals surface area contributed by atoms with Crippen molar-refractivity contribution in [2.75, 3.05) is 17.5 Å². The molecule has 1 aromatic carbocycles. The highest BCUT2D eigenvalue weighted by molar-refractivity contribution is 14.1. The van der Waals surface area contributed by atoms with E-state index in [2.05, 4.69) is 54.0 Å². The normalized spacial score (nSPS) is 31.3. The first-order valence-electron chi connectivity index (χ1n) is 13.6. The van der Waals surface area contributed by atoms with Gasteiger partial charge in [-0.15, -0.1) is 0 Å². The number of carbonyl (C=O) groups excluding carboxylic acids is 1. The van der Waals surface area contributed by atoms with Gasteiger partial charge >= 0.3 is 13.3 Å². The van der Waals surface area contributed by atoms with E-state index >= 15 is 0 Å². The summed E-state index contributed by atoms with van der Waals surface area (Å²) in [6.07, 6.45) is -0.627. The van der Waals surface area contributed by atoms with Crippen LogP contribution < -0.4 is 16.4 Å². The third kappa shape index (κ3) is 5.64. The van der Waals surface area contributed by atoms with Gasteiger partial charge in [0.15, 0.2) is 0 Å². The van der Waals surface area contributed by atoms with Gasteiger partial charge in [-0.1, -0.05) is 73.2 Å². The van der Waals surface area contributed by atoms with Crippen molar-refractivity contribution in [3.05, 3.63) is 35.9 Å². The lowest BCUT2D eigenvalue weighted by atomic mass is 9.35. The van der Waals surface area contributed by atoms with Crippen molar-refractivity contribution < 1.29 is 27.3 Å². The zero-order valence-electron chi connectivity index (χ0n) is 22.5. The monoisotopic (exact) mass is 649 g/mol. The number of nitrogens with two attached hydrogens (primary N) is 1. The molecule has 4 N–H and O–H groups in total. The van der Waals surface area contributed by atoms with Crippen LogP contribution >= 0.6 is 22.6 Å². The molecule has 0 aromatic heterocycles. The summed E-state index contributed by atoms with van der Waals surface area (Å²) in [4.78, 5) is 13.4. The number of halogens is 4. The fourth-order valence-electron chi connectivity index (χ4n) is 6.98. The zero-order valence-corrected chi connectivity index (χ0v) is 24.6. The molecule has 1 heterocycles. The van der Waals surface area contributed by atoms with E-state index in [0.717, 1.165) is 22.8 Å². The molecule has 0 spiro atoms. The summed E-state index contributed by atoms with van der Waals surface area (Å²) in [5, 5.41) is 5.44. The molecule has 1 aromatic rings. The summed E-state index contributed by atoms with van der Waals surface area (Å²) in [5.41, 5.74) is 6.13. The molecule has 6 atom stereocenters. The van der Waals surface area contributed by atoms with Crippen LogP contribution in [0.3, 0.4) is 0 Å². The van der Waals surface area contributed by atoms with Gasteiger partial charge in [0.2, 0.25) is 5.91 Å². The molecule has 3 aliphatic carbocycles. The van der Waals surface area contributed by atoms with Crippen LogP contribution in [0.2, 0.25) is 0 Å². The van der Waals surface area contributed by atoms with E-state index in [1.54, 1.807) is 0 Å². The third-order valence-corrected chi connectivity index (χ3v) is 10.9. The van der Waals surface area contributed by atoms with E-state index in [4.69, 9.17) is 15.0 Å². The van der Waals surface area contributed by atoms with Crippen molar-refractivity contribution in [1.82, 2.24) is 10.6 Å². The molecule has 6 nitrogen and oxygen atoms in total. The fraction of sp³-hybridized carbons (Fsp3) is 0.741. The van der Waals surface area contributed by atoms with E-state index in [0.29, 0.717) is 31.7 Å². The Morgan fingerprint density at radius 2 is 1.95 bits per heavy atom. The van der Waals surface area contributed by atoms with Crippen LogP contribution in [0.4, 0.5) is 13.2 Å². The molecule has 38 heavy (non-hydrogen) atoms. The molecule has 3 saturated carbocycles. The van der Waals surface area contributed by atoms with Gasteiger partial charge in [-0.2, -0.15) is 13.2 Å². The average molecular weight is 649 g/mol. The summed E-state index contributed by atoms with van der Waals surface area (Å²) in [6, 6.07) is 8.71. The number of carbonyl (C=O) groups is 1. The Morgan fingerprint density at radius 1 is 1.24 bits per heavy atom. The zero-order chi connectivity index (χ0) is 27.8. The van der Waals surface area contributed by atoms with Crippen LogP contribution in [0, 0.1) is 16.7 Å². The molecule has 212 valence electrons. The molecule has 4 fully saturated rings. The highest BCUT2D eigenvalue weighted by atomic mass is 127. The van der Waals surface area contributed by atoms with Crippen molar-refractivity contribution >= 4 is 35.6 Å². The molecular formula is C27H40BF3IN3O3. The lowest BCUT2D eigenvalue weighted by Crippen LogP contribution is -2.74. The van der Waals surface area contributed by atoms with Crippen molar-refractivity contribution in [2.24, 2.45) is 22.5 Å². The Balaban J connectivity index is 1.55. The highest BCUT2D eigenvalue weighted by Crippen LogP contribution is 2.74. The molecular weight excluding hydrogens is 609 g/mol. The molecule has 1 amide bonds. The van der Waals surface area contributed by atoms with Gasteiger partial charge in [-0.3, -0.25) is 10.1 Å². The van der Waals surface area contributed by atoms with Gasteiger partial charge in [-0.05, 0) is 62.5 Å². The topological polar surface area (TPSA) is 85.6 Å². The second kappa shape index (κ2) is 11.5. The van der Waals surface area contributed by atoms with E-state index in [-0.39, 0.29) is 23.4 Å². The predicted octanol–water partition coefficient (Wildman–Crippen LogP) is 4.44. The minimum absolute atomic E-state index is 0.0385. The lowest BCUT2D eigenvalue weighted by molar-refractivity contribution is -0.261. The smallest absolute Gasteiger partial charge is 0.404 e. The van der Waals surface area contributed by atoms with E-state index in [9.17, 15) is 18.0 Å². The third-order valence-electron chi connectivity index (χ3n) is 9.57. The largest absolute Gasteiger partial charge is 0.482 e. The van der Waals surface area contributed by atoms with Crippen LogP contribution in [0.1, 0.15) is 58.4 Å². The maximum atomic E-state index is 13.4. The second-order valence-electron chi connectivity index (χ2n) is 11.9. The molecule has 0 radical (unpaired) electrons. The van der Waals surface area contributed by atoms with Gasteiger partial charge in [0, 0.05) is 9.84 Å². The average Bonchev–Trinajstić information content (AvgIpc) is 3.22. The van der Waals surface area contributed by atoms with Crippen LogP contribution in [0.15, 0.2) is 30.3 Å². The van der Waals surface area contributed by atoms with Crippen LogP contribution in [0.25, 0.3) is 0 Å². The maximum Gasteiger partial charge on any atom is 0.482 e. The summed E-state index contributed by atoms with van der Waals surface area (Å²) in [5.74, 6) is -0.477. The number of alkyl halides is 4. The minimum Gasteiger partial charge on any atom is -0.404 e. The standard InChI is InChI=1S/C27H40BF3IN3O3/c1-24(2)19-14-21-25(3,26(24,15-19)16-32)38-28(37-21)22(13-18-9-5-4-6-10-18)35-23(36)20(11-7-8-12-33)34-17-27(29,30)31/h4-6,9-10,19-22,34H,7-8,11-17,33H2,1-3H3,(H,35,36)/t19-,20+,21-,22+,25-,26-/m1/s1. The first-order chi connectivity index (χ1) is 17.9. The van der Waals surface area contributed by atoms with Crippen molar-refractivity contribution in [3.63, 3.8) is 0 Å². The quantitative estimate of drug-likeness (QED) is 0.135. The van der Waals surface area contributed by atoms with Gasteiger partial charge in [0.05, 0.1) is 30.2 Å². The first kappa shape index (κ1) is 30.1. The first-order valence-corrected chi connectivity index (χ1v) is 15.1. The number of benzene rings is 1. The molecule has 1 saturated heterocycles. The molecule has 4 aliphatic rings. The molecule has 2 bridgehead atoms. The second-order valence-corrected chi connectivity index (χ2v) is 12.7. The number of hydrogen-bond donors (Lipinski definition) is 3. The fourth-order valence-corrected chi connectivity index (χ4v) is 9.03. The SMILES string of the molecule is CC1(C)[C@@H]2C[C@H]3OB([C@H](Cc4ccccc4)NC(=O)[C@H](CCCCN)NCC(F)(F)F)O[C@@]3(C)[C@@]1(CI)C2. The van der Waals surface area contributed by atoms with Crippen LogP contribution in [0.5, 0.6) is 0 Å². The number of unbranched alkanes of at least 4 members (excludes halogenated alkanes) is 1. The van der Waals surface area contributed by atoms with Gasteiger partial charge in [0.1, 0.15) is 0 Å². The Bertz CT molecular complexity index is 972. The van der Waals surface area contributed by atoms with Crippen molar-refractivity contribution in [1.29, 1.82) is 0 Å².